The van der Waals surface area contributed by atoms with Crippen LogP contribution in [0.4, 0.5) is 10.5 Å². The summed E-state index contributed by atoms with van der Waals surface area (Å²) in [4.78, 5) is 16.4. The molecule has 0 N–H and O–H groups in total. The number of hydrogen-bond donors (Lipinski definition) is 0. The SMILES string of the molecule is CCCN1CC(n2ccnn2)N(c2ccc(-n3cnnn3)cc2)C1=O. The Bertz CT molecular complexity index is 829. The molecule has 1 atom stereocenters. The quantitative estimate of drug-likeness (QED) is 0.690. The summed E-state index contributed by atoms with van der Waals surface area (Å²) >= 11 is 0. The van der Waals surface area contributed by atoms with Crippen molar-refractivity contribution in [2.45, 2.75) is 19.5 Å². The molecule has 2 amide bonds. The average Bonchev–Trinajstić information content (AvgIpc) is 3.37. The molecule has 1 aromatic carbocycles. The van der Waals surface area contributed by atoms with Crippen molar-refractivity contribution >= 4 is 11.7 Å². The summed E-state index contributed by atoms with van der Waals surface area (Å²) in [6.07, 6.45) is 5.60. The molecule has 3 heterocycles. The number of carbonyl (C=O) groups is 1. The number of anilines is 1. The smallest absolute Gasteiger partial charge is 0.320 e. The highest BCUT2D eigenvalue weighted by Gasteiger charge is 2.39. The largest absolute Gasteiger partial charge is 0.326 e. The van der Waals surface area contributed by atoms with E-state index in [1.165, 1.54) is 6.33 Å². The van der Waals surface area contributed by atoms with Gasteiger partial charge in [-0.2, -0.15) is 0 Å². The van der Waals surface area contributed by atoms with Crippen LogP contribution < -0.4 is 4.90 Å². The van der Waals surface area contributed by atoms with Crippen LogP contribution in [0.15, 0.2) is 43.0 Å². The van der Waals surface area contributed by atoms with Crippen LogP contribution in [0.5, 0.6) is 0 Å². The Morgan fingerprint density at radius 1 is 1.12 bits per heavy atom. The molecule has 2 aromatic heterocycles. The summed E-state index contributed by atoms with van der Waals surface area (Å²) in [5.41, 5.74) is 1.61. The van der Waals surface area contributed by atoms with E-state index >= 15 is 0 Å². The third kappa shape index (κ3) is 2.71. The van der Waals surface area contributed by atoms with Crippen molar-refractivity contribution in [3.05, 3.63) is 43.0 Å². The molecule has 0 spiro atoms. The molecule has 4 rings (SSSR count). The molecule has 1 aliphatic heterocycles. The summed E-state index contributed by atoms with van der Waals surface area (Å²) in [5, 5.41) is 19.1. The first-order valence-corrected chi connectivity index (χ1v) is 8.05. The van der Waals surface area contributed by atoms with Gasteiger partial charge in [0.2, 0.25) is 0 Å². The lowest BCUT2D eigenvalue weighted by Crippen LogP contribution is -2.34. The molecule has 25 heavy (non-hydrogen) atoms. The van der Waals surface area contributed by atoms with Crippen molar-refractivity contribution < 1.29 is 4.79 Å². The normalized spacial score (nSPS) is 17.5. The van der Waals surface area contributed by atoms with Gasteiger partial charge in [-0.05, 0) is 41.1 Å². The third-order valence-electron chi connectivity index (χ3n) is 4.14. The van der Waals surface area contributed by atoms with E-state index in [0.717, 1.165) is 17.8 Å². The number of benzene rings is 1. The molecule has 1 saturated heterocycles. The van der Waals surface area contributed by atoms with Crippen molar-refractivity contribution in [3.8, 4) is 5.69 Å². The highest BCUT2D eigenvalue weighted by molar-refractivity contribution is 5.94. The number of nitrogens with zero attached hydrogens (tertiary/aromatic N) is 9. The summed E-state index contributed by atoms with van der Waals surface area (Å²) in [5.74, 6) is 0. The molecular formula is C15H17N9O. The van der Waals surface area contributed by atoms with E-state index in [2.05, 4.69) is 32.8 Å². The van der Waals surface area contributed by atoms with Gasteiger partial charge in [0, 0.05) is 18.4 Å². The van der Waals surface area contributed by atoms with Crippen LogP contribution in [0.3, 0.4) is 0 Å². The fraction of sp³-hybridized carbons (Fsp3) is 0.333. The lowest BCUT2D eigenvalue weighted by Gasteiger charge is -2.23. The van der Waals surface area contributed by atoms with E-state index in [9.17, 15) is 4.79 Å². The van der Waals surface area contributed by atoms with Crippen molar-refractivity contribution in [2.75, 3.05) is 18.0 Å². The topological polar surface area (TPSA) is 97.9 Å². The summed E-state index contributed by atoms with van der Waals surface area (Å²) in [6.45, 7) is 3.34. The van der Waals surface area contributed by atoms with Gasteiger partial charge in [0.15, 0.2) is 6.17 Å². The van der Waals surface area contributed by atoms with Crippen LogP contribution >= 0.6 is 0 Å². The fourth-order valence-electron chi connectivity index (χ4n) is 3.00. The highest BCUT2D eigenvalue weighted by Crippen LogP contribution is 2.31. The lowest BCUT2D eigenvalue weighted by molar-refractivity contribution is 0.220. The van der Waals surface area contributed by atoms with Gasteiger partial charge in [-0.15, -0.1) is 10.2 Å². The zero-order chi connectivity index (χ0) is 17.2. The molecule has 0 radical (unpaired) electrons. The highest BCUT2D eigenvalue weighted by atomic mass is 16.2. The van der Waals surface area contributed by atoms with Gasteiger partial charge in [-0.3, -0.25) is 4.90 Å². The average molecular weight is 339 g/mol. The number of urea groups is 1. The zero-order valence-electron chi connectivity index (χ0n) is 13.7. The van der Waals surface area contributed by atoms with Gasteiger partial charge in [0.1, 0.15) is 6.33 Å². The Kier molecular flexibility index (Phi) is 3.84. The summed E-state index contributed by atoms with van der Waals surface area (Å²) < 4.78 is 3.27. The van der Waals surface area contributed by atoms with Crippen LogP contribution in [0.1, 0.15) is 19.5 Å². The fourth-order valence-corrected chi connectivity index (χ4v) is 3.00. The predicted molar refractivity (Wildman–Crippen MR) is 88.0 cm³/mol. The Labute approximate surface area is 143 Å². The van der Waals surface area contributed by atoms with Crippen LogP contribution in [0.25, 0.3) is 5.69 Å². The van der Waals surface area contributed by atoms with E-state index in [-0.39, 0.29) is 12.2 Å². The predicted octanol–water partition coefficient (Wildman–Crippen LogP) is 1.10. The van der Waals surface area contributed by atoms with Crippen molar-refractivity contribution in [1.29, 1.82) is 0 Å². The number of aromatic nitrogens is 7. The van der Waals surface area contributed by atoms with Gasteiger partial charge in [-0.1, -0.05) is 12.1 Å². The Morgan fingerprint density at radius 3 is 2.56 bits per heavy atom. The van der Waals surface area contributed by atoms with Crippen LogP contribution in [0, 0.1) is 0 Å². The second-order valence-electron chi connectivity index (χ2n) is 5.73. The molecule has 3 aromatic rings. The Balaban J connectivity index is 1.66. The molecule has 0 bridgehead atoms. The summed E-state index contributed by atoms with van der Waals surface area (Å²) in [6, 6.07) is 7.49. The molecular weight excluding hydrogens is 322 g/mol. The van der Waals surface area contributed by atoms with Crippen LogP contribution in [-0.4, -0.2) is 59.2 Å². The van der Waals surface area contributed by atoms with Crippen LogP contribution in [0.2, 0.25) is 0 Å². The molecule has 10 heteroatoms. The first-order chi connectivity index (χ1) is 12.3. The maximum absolute atomic E-state index is 12.9. The molecule has 0 aliphatic carbocycles. The van der Waals surface area contributed by atoms with Gasteiger partial charge < -0.3 is 4.90 Å². The Morgan fingerprint density at radius 2 is 1.92 bits per heavy atom. The lowest BCUT2D eigenvalue weighted by atomic mass is 10.2. The second kappa shape index (κ2) is 6.30. The number of rotatable bonds is 5. The maximum atomic E-state index is 12.9. The van der Waals surface area contributed by atoms with Crippen molar-refractivity contribution in [1.82, 2.24) is 40.1 Å². The molecule has 1 unspecified atom stereocenters. The molecule has 0 saturated carbocycles. The molecule has 1 aliphatic rings. The second-order valence-corrected chi connectivity index (χ2v) is 5.73. The first kappa shape index (κ1) is 15.2. The van der Waals surface area contributed by atoms with E-state index in [4.69, 9.17) is 0 Å². The van der Waals surface area contributed by atoms with E-state index < -0.39 is 0 Å². The van der Waals surface area contributed by atoms with Gasteiger partial charge >= 0.3 is 6.03 Å². The minimum atomic E-state index is -0.222. The standard InChI is InChI=1S/C15H17N9O/c1-2-8-21-10-14(22-9-7-16-19-22)24(15(21)25)13-5-3-12(4-6-13)23-11-17-18-20-23/h3-7,9,11,14H,2,8,10H2,1H3. The molecule has 1 fully saturated rings. The number of amides is 2. The molecule has 10 nitrogen and oxygen atoms in total. The number of tetrazole rings is 1. The van der Waals surface area contributed by atoms with Crippen molar-refractivity contribution in [3.63, 3.8) is 0 Å². The summed E-state index contributed by atoms with van der Waals surface area (Å²) in [7, 11) is 0. The van der Waals surface area contributed by atoms with E-state index in [1.54, 1.807) is 26.7 Å². The van der Waals surface area contributed by atoms with E-state index in [1.807, 2.05) is 29.2 Å². The maximum Gasteiger partial charge on any atom is 0.326 e. The van der Waals surface area contributed by atoms with Gasteiger partial charge in [0.05, 0.1) is 18.4 Å². The zero-order valence-corrected chi connectivity index (χ0v) is 13.7. The minimum absolute atomic E-state index is 0.0301. The van der Waals surface area contributed by atoms with Crippen LogP contribution in [-0.2, 0) is 0 Å². The number of carbonyl (C=O) groups excluding carboxylic acids is 1. The number of hydrogen-bond acceptors (Lipinski definition) is 6. The monoisotopic (exact) mass is 339 g/mol. The first-order valence-electron chi connectivity index (χ1n) is 8.05. The minimum Gasteiger partial charge on any atom is -0.320 e. The molecule has 128 valence electrons. The van der Waals surface area contributed by atoms with Gasteiger partial charge in [0.25, 0.3) is 0 Å². The van der Waals surface area contributed by atoms with Crippen molar-refractivity contribution in [2.24, 2.45) is 0 Å². The van der Waals surface area contributed by atoms with E-state index in [0.29, 0.717) is 13.1 Å². The Hall–Kier alpha value is -3.30. The third-order valence-corrected chi connectivity index (χ3v) is 4.14. The van der Waals surface area contributed by atoms with Gasteiger partial charge in [-0.25, -0.2) is 14.2 Å².